The van der Waals surface area contributed by atoms with E-state index in [0.29, 0.717) is 30.8 Å². The van der Waals surface area contributed by atoms with Gasteiger partial charge in [-0.3, -0.25) is 9.78 Å². The van der Waals surface area contributed by atoms with Gasteiger partial charge in [0.15, 0.2) is 0 Å². The van der Waals surface area contributed by atoms with Crippen LogP contribution in [0.2, 0.25) is 0 Å². The van der Waals surface area contributed by atoms with Crippen molar-refractivity contribution in [2.24, 2.45) is 0 Å². The average Bonchev–Trinajstić information content (AvgIpc) is 2.82. The smallest absolute Gasteiger partial charge is 0.352 e. The van der Waals surface area contributed by atoms with Crippen LogP contribution in [-0.2, 0) is 19.3 Å². The number of halogens is 3. The highest BCUT2D eigenvalue weighted by Crippen LogP contribution is 2.27. The van der Waals surface area contributed by atoms with Gasteiger partial charge in [-0.15, -0.1) is 0 Å². The minimum Gasteiger partial charge on any atom is -0.352 e. The molecular weight excluding hydrogens is 439 g/mol. The van der Waals surface area contributed by atoms with Crippen molar-refractivity contribution in [3.63, 3.8) is 0 Å². The first-order valence-corrected chi connectivity index (χ1v) is 12.5. The number of nitrogens with one attached hydrogen (secondary N) is 2. The number of nitrogens with zero attached hydrogens (tertiary/aromatic N) is 1. The maximum Gasteiger partial charge on any atom is 0.433 e. The van der Waals surface area contributed by atoms with Crippen LogP contribution in [-0.4, -0.2) is 17.4 Å². The van der Waals surface area contributed by atoms with Gasteiger partial charge in [0.2, 0.25) is 0 Å². The van der Waals surface area contributed by atoms with Crippen LogP contribution in [0, 0.1) is 0 Å². The number of hydrogen-bond acceptors (Lipinski definition) is 3. The predicted octanol–water partition coefficient (Wildman–Crippen LogP) is 7.04. The molecule has 34 heavy (non-hydrogen) atoms. The Kier molecular flexibility index (Phi) is 12.7. The largest absolute Gasteiger partial charge is 0.433 e. The van der Waals surface area contributed by atoms with Gasteiger partial charge in [-0.05, 0) is 35.7 Å². The summed E-state index contributed by atoms with van der Waals surface area (Å²) in [4.78, 5) is 15.9. The fourth-order valence-corrected chi connectivity index (χ4v) is 3.79. The molecule has 0 saturated heterocycles. The number of unbranched alkanes of at least 4 members (excludes halogenated alkanes) is 9. The van der Waals surface area contributed by atoms with Crippen molar-refractivity contribution >= 4 is 5.91 Å². The molecule has 4 nitrogen and oxygen atoms in total. The summed E-state index contributed by atoms with van der Waals surface area (Å²) in [7, 11) is 0. The highest BCUT2D eigenvalue weighted by atomic mass is 19.4. The van der Waals surface area contributed by atoms with Crippen molar-refractivity contribution in [3.05, 3.63) is 65.0 Å². The fourth-order valence-electron chi connectivity index (χ4n) is 3.79. The molecule has 7 heteroatoms. The molecule has 0 aliphatic heterocycles. The molecule has 0 bridgehead atoms. The molecule has 1 heterocycles. The molecule has 188 valence electrons. The molecule has 0 spiro atoms. The van der Waals surface area contributed by atoms with E-state index in [9.17, 15) is 18.0 Å². The maximum atomic E-state index is 12.6. The minimum atomic E-state index is -4.43. The Hall–Kier alpha value is -2.41. The molecule has 2 N–H and O–H groups in total. The Morgan fingerprint density at radius 3 is 2.12 bits per heavy atom. The Morgan fingerprint density at radius 1 is 0.853 bits per heavy atom. The van der Waals surface area contributed by atoms with E-state index < -0.39 is 11.9 Å². The lowest BCUT2D eigenvalue weighted by atomic mass is 10.1. The maximum absolute atomic E-state index is 12.6. The number of hydrogen-bond donors (Lipinski definition) is 2. The summed E-state index contributed by atoms with van der Waals surface area (Å²) in [5.41, 5.74) is 1.32. The summed E-state index contributed by atoms with van der Waals surface area (Å²) in [6.07, 6.45) is 9.42. The second-order valence-electron chi connectivity index (χ2n) is 8.79. The lowest BCUT2D eigenvalue weighted by Gasteiger charge is -2.09. The van der Waals surface area contributed by atoms with Crippen molar-refractivity contribution in [2.75, 3.05) is 6.54 Å². The summed E-state index contributed by atoms with van der Waals surface area (Å²) >= 11 is 0. The minimum absolute atomic E-state index is 0.0790. The SMILES string of the molecule is CCCCCCCCCCCCNC(=O)c1cccc(CNCc2ccc(C(F)(F)F)nc2)c1. The van der Waals surface area contributed by atoms with Crippen LogP contribution in [0.4, 0.5) is 13.2 Å². The van der Waals surface area contributed by atoms with E-state index in [1.165, 1.54) is 63.6 Å². The molecule has 2 aromatic rings. The van der Waals surface area contributed by atoms with E-state index in [1.54, 1.807) is 6.07 Å². The monoisotopic (exact) mass is 477 g/mol. The quantitative estimate of drug-likeness (QED) is 0.255. The van der Waals surface area contributed by atoms with E-state index in [-0.39, 0.29) is 5.91 Å². The highest BCUT2D eigenvalue weighted by molar-refractivity contribution is 5.94. The van der Waals surface area contributed by atoms with Crippen molar-refractivity contribution in [1.29, 1.82) is 0 Å². The summed E-state index contributed by atoms with van der Waals surface area (Å²) in [6, 6.07) is 9.78. The Morgan fingerprint density at radius 2 is 1.50 bits per heavy atom. The van der Waals surface area contributed by atoms with Gasteiger partial charge in [0, 0.05) is 31.4 Å². The predicted molar refractivity (Wildman–Crippen MR) is 130 cm³/mol. The van der Waals surface area contributed by atoms with Crippen LogP contribution in [0.5, 0.6) is 0 Å². The van der Waals surface area contributed by atoms with Gasteiger partial charge in [-0.1, -0.05) is 82.9 Å². The van der Waals surface area contributed by atoms with E-state index >= 15 is 0 Å². The molecule has 1 amide bonds. The highest BCUT2D eigenvalue weighted by Gasteiger charge is 2.31. The van der Waals surface area contributed by atoms with Crippen LogP contribution >= 0.6 is 0 Å². The number of aromatic nitrogens is 1. The summed E-state index contributed by atoms with van der Waals surface area (Å²) in [6.45, 7) is 3.81. The van der Waals surface area contributed by atoms with Crippen LogP contribution in [0.15, 0.2) is 42.6 Å². The van der Waals surface area contributed by atoms with Gasteiger partial charge in [-0.25, -0.2) is 0 Å². The van der Waals surface area contributed by atoms with Gasteiger partial charge in [-0.2, -0.15) is 13.2 Å². The molecule has 1 aromatic heterocycles. The van der Waals surface area contributed by atoms with E-state index in [0.717, 1.165) is 24.5 Å². The van der Waals surface area contributed by atoms with E-state index in [1.807, 2.05) is 18.2 Å². The summed E-state index contributed by atoms with van der Waals surface area (Å²) in [5, 5.41) is 6.17. The average molecular weight is 478 g/mol. The zero-order valence-corrected chi connectivity index (χ0v) is 20.2. The molecule has 0 radical (unpaired) electrons. The number of carbonyl (C=O) groups excluding carboxylic acids is 1. The zero-order chi connectivity index (χ0) is 24.7. The Labute approximate surface area is 201 Å². The lowest BCUT2D eigenvalue weighted by Crippen LogP contribution is -2.24. The first-order chi connectivity index (χ1) is 16.4. The number of benzene rings is 1. The second kappa shape index (κ2) is 15.5. The van der Waals surface area contributed by atoms with Crippen molar-refractivity contribution in [3.8, 4) is 0 Å². The molecule has 0 aliphatic rings. The Balaban J connectivity index is 1.61. The third-order valence-electron chi connectivity index (χ3n) is 5.78. The molecule has 1 aromatic carbocycles. The van der Waals surface area contributed by atoms with E-state index in [2.05, 4.69) is 22.5 Å². The van der Waals surface area contributed by atoms with Crippen LogP contribution in [0.1, 0.15) is 98.3 Å². The number of alkyl halides is 3. The van der Waals surface area contributed by atoms with Gasteiger partial charge in [0.1, 0.15) is 5.69 Å². The summed E-state index contributed by atoms with van der Waals surface area (Å²) < 4.78 is 37.8. The van der Waals surface area contributed by atoms with Crippen molar-refractivity contribution < 1.29 is 18.0 Å². The first-order valence-electron chi connectivity index (χ1n) is 12.5. The third kappa shape index (κ3) is 11.1. The lowest BCUT2D eigenvalue weighted by molar-refractivity contribution is -0.141. The third-order valence-corrected chi connectivity index (χ3v) is 5.78. The molecular formula is C27H38F3N3O. The molecule has 0 aliphatic carbocycles. The Bertz CT molecular complexity index is 838. The number of carbonyl (C=O) groups is 1. The van der Waals surface area contributed by atoms with Gasteiger partial charge >= 0.3 is 6.18 Å². The fraction of sp³-hybridized carbons (Fsp3) is 0.556. The number of rotatable bonds is 16. The second-order valence-corrected chi connectivity index (χ2v) is 8.79. The molecule has 0 unspecified atom stereocenters. The molecule has 2 rings (SSSR count). The van der Waals surface area contributed by atoms with Crippen LogP contribution < -0.4 is 10.6 Å². The van der Waals surface area contributed by atoms with Crippen LogP contribution in [0.25, 0.3) is 0 Å². The van der Waals surface area contributed by atoms with Gasteiger partial charge in [0.05, 0.1) is 0 Å². The van der Waals surface area contributed by atoms with Crippen molar-refractivity contribution in [2.45, 2.75) is 90.4 Å². The van der Waals surface area contributed by atoms with Gasteiger partial charge < -0.3 is 10.6 Å². The number of pyridine rings is 1. The standard InChI is InChI=1S/C27H38F3N3O/c1-2-3-4-5-6-7-8-9-10-11-17-32-26(34)24-14-12-13-22(18-24)19-31-20-23-15-16-25(33-21-23)27(28,29)30/h12-16,18,21,31H,2-11,17,19-20H2,1H3,(H,32,34). The topological polar surface area (TPSA) is 54.0 Å². The molecule has 0 atom stereocenters. The normalized spacial score (nSPS) is 11.5. The molecule has 0 fully saturated rings. The number of amides is 1. The first kappa shape index (κ1) is 27.8. The van der Waals surface area contributed by atoms with Crippen molar-refractivity contribution in [1.82, 2.24) is 15.6 Å². The molecule has 0 saturated carbocycles. The van der Waals surface area contributed by atoms with E-state index in [4.69, 9.17) is 0 Å². The van der Waals surface area contributed by atoms with Gasteiger partial charge in [0.25, 0.3) is 5.91 Å². The zero-order valence-electron chi connectivity index (χ0n) is 20.2. The summed E-state index contributed by atoms with van der Waals surface area (Å²) in [5.74, 6) is -0.0790. The van der Waals surface area contributed by atoms with Crippen LogP contribution in [0.3, 0.4) is 0 Å².